The molecule has 25 heavy (non-hydrogen) atoms. The maximum Gasteiger partial charge on any atom is 0.338 e. The molecule has 0 atom stereocenters. The minimum absolute atomic E-state index is 0.0191. The maximum atomic E-state index is 11.9. The number of nitrogens with one attached hydrogen (secondary N) is 1. The van der Waals surface area contributed by atoms with E-state index in [-0.39, 0.29) is 11.3 Å². The lowest BCUT2D eigenvalue weighted by Crippen LogP contribution is -2.20. The highest BCUT2D eigenvalue weighted by atomic mass is 16.6. The molecule has 0 aliphatic heterocycles. The van der Waals surface area contributed by atoms with Crippen molar-refractivity contribution >= 4 is 23.3 Å². The number of aryl methyl sites for hydroxylation is 1. The van der Waals surface area contributed by atoms with Crippen LogP contribution in [0.3, 0.4) is 0 Å². The number of hydrogen-bond donors (Lipinski definition) is 1. The van der Waals surface area contributed by atoms with E-state index in [4.69, 9.17) is 4.74 Å². The summed E-state index contributed by atoms with van der Waals surface area (Å²) in [5.74, 6) is -1.28. The SMILES string of the molecule is COC(=O)c1ccc(OCC(=O)Nc2ccc(C)cc2)c([N+](=O)[O-])c1. The second-order valence-corrected chi connectivity index (χ2v) is 5.13. The lowest BCUT2D eigenvalue weighted by molar-refractivity contribution is -0.385. The monoisotopic (exact) mass is 344 g/mol. The normalized spacial score (nSPS) is 10.0. The molecular weight excluding hydrogens is 328 g/mol. The van der Waals surface area contributed by atoms with Crippen molar-refractivity contribution in [1.29, 1.82) is 0 Å². The Kier molecular flexibility index (Phi) is 5.67. The third-order valence-corrected chi connectivity index (χ3v) is 3.27. The van der Waals surface area contributed by atoms with Gasteiger partial charge in [-0.2, -0.15) is 0 Å². The number of carbonyl (C=O) groups excluding carboxylic acids is 2. The zero-order valence-electron chi connectivity index (χ0n) is 13.6. The van der Waals surface area contributed by atoms with Gasteiger partial charge in [0.15, 0.2) is 12.4 Å². The highest BCUT2D eigenvalue weighted by Gasteiger charge is 2.20. The summed E-state index contributed by atoms with van der Waals surface area (Å²) in [5.41, 5.74) is 1.24. The van der Waals surface area contributed by atoms with Crippen LogP contribution in [0.1, 0.15) is 15.9 Å². The molecule has 2 aromatic carbocycles. The van der Waals surface area contributed by atoms with Gasteiger partial charge in [-0.15, -0.1) is 0 Å². The van der Waals surface area contributed by atoms with Gasteiger partial charge >= 0.3 is 11.7 Å². The molecule has 1 amide bonds. The topological polar surface area (TPSA) is 108 Å². The first-order valence-corrected chi connectivity index (χ1v) is 7.27. The van der Waals surface area contributed by atoms with E-state index in [1.54, 1.807) is 12.1 Å². The van der Waals surface area contributed by atoms with Gasteiger partial charge in [0, 0.05) is 11.8 Å². The van der Waals surface area contributed by atoms with Crippen LogP contribution >= 0.6 is 0 Å². The largest absolute Gasteiger partial charge is 0.477 e. The fraction of sp³-hybridized carbons (Fsp3) is 0.176. The van der Waals surface area contributed by atoms with E-state index in [9.17, 15) is 19.7 Å². The maximum absolute atomic E-state index is 11.9. The van der Waals surface area contributed by atoms with Gasteiger partial charge in [-0.25, -0.2) is 4.79 Å². The van der Waals surface area contributed by atoms with Crippen molar-refractivity contribution in [3.8, 4) is 5.75 Å². The van der Waals surface area contributed by atoms with Crippen LogP contribution in [0.4, 0.5) is 11.4 Å². The van der Waals surface area contributed by atoms with Crippen LogP contribution in [0.2, 0.25) is 0 Å². The van der Waals surface area contributed by atoms with Crippen molar-refractivity contribution in [3.63, 3.8) is 0 Å². The Morgan fingerprint density at radius 1 is 1.16 bits per heavy atom. The summed E-state index contributed by atoms with van der Waals surface area (Å²) < 4.78 is 9.74. The van der Waals surface area contributed by atoms with E-state index in [2.05, 4.69) is 10.1 Å². The number of ether oxygens (including phenoxy) is 2. The number of nitro groups is 1. The quantitative estimate of drug-likeness (QED) is 0.490. The summed E-state index contributed by atoms with van der Waals surface area (Å²) in [6.45, 7) is 1.51. The fourth-order valence-corrected chi connectivity index (χ4v) is 2.00. The van der Waals surface area contributed by atoms with Gasteiger partial charge in [0.1, 0.15) is 0 Å². The number of rotatable bonds is 6. The van der Waals surface area contributed by atoms with Gasteiger partial charge in [0.2, 0.25) is 0 Å². The molecule has 0 spiro atoms. The van der Waals surface area contributed by atoms with Crippen LogP contribution in [0.15, 0.2) is 42.5 Å². The van der Waals surface area contributed by atoms with Crippen LogP contribution in [0, 0.1) is 17.0 Å². The molecule has 0 aromatic heterocycles. The molecule has 2 aromatic rings. The molecule has 0 saturated heterocycles. The third-order valence-electron chi connectivity index (χ3n) is 3.27. The molecule has 1 N–H and O–H groups in total. The second-order valence-electron chi connectivity index (χ2n) is 5.13. The lowest BCUT2D eigenvalue weighted by atomic mass is 10.2. The molecule has 8 heteroatoms. The van der Waals surface area contributed by atoms with E-state index < -0.39 is 29.1 Å². The molecular formula is C17H16N2O6. The van der Waals surface area contributed by atoms with Crippen molar-refractivity contribution in [3.05, 3.63) is 63.7 Å². The minimum atomic E-state index is -0.702. The number of hydrogen-bond acceptors (Lipinski definition) is 6. The summed E-state index contributed by atoms with van der Waals surface area (Å²) >= 11 is 0. The Hall–Kier alpha value is -3.42. The molecule has 0 saturated carbocycles. The number of carbonyl (C=O) groups is 2. The highest BCUT2D eigenvalue weighted by Crippen LogP contribution is 2.28. The average molecular weight is 344 g/mol. The molecule has 130 valence electrons. The summed E-state index contributed by atoms with van der Waals surface area (Å²) in [5, 5.41) is 13.7. The molecule has 0 radical (unpaired) electrons. The van der Waals surface area contributed by atoms with Crippen molar-refractivity contribution in [2.45, 2.75) is 6.92 Å². The highest BCUT2D eigenvalue weighted by molar-refractivity contribution is 5.92. The lowest BCUT2D eigenvalue weighted by Gasteiger charge is -2.09. The smallest absolute Gasteiger partial charge is 0.338 e. The number of esters is 1. The van der Waals surface area contributed by atoms with Crippen molar-refractivity contribution in [2.75, 3.05) is 19.0 Å². The summed E-state index contributed by atoms with van der Waals surface area (Å²) in [6, 6.07) is 10.8. The Bertz CT molecular complexity index is 801. The van der Waals surface area contributed by atoms with Crippen LogP contribution < -0.4 is 10.1 Å². The molecule has 0 unspecified atom stereocenters. The summed E-state index contributed by atoms with van der Waals surface area (Å²) in [6.07, 6.45) is 0. The van der Waals surface area contributed by atoms with Gasteiger partial charge in [-0.3, -0.25) is 14.9 Å². The number of methoxy groups -OCH3 is 1. The van der Waals surface area contributed by atoms with E-state index in [0.29, 0.717) is 5.69 Å². The minimum Gasteiger partial charge on any atom is -0.477 e. The number of anilines is 1. The number of nitrogens with zero attached hydrogens (tertiary/aromatic N) is 1. The predicted molar refractivity (Wildman–Crippen MR) is 89.7 cm³/mol. The van der Waals surface area contributed by atoms with Gasteiger partial charge in [-0.05, 0) is 31.2 Å². The van der Waals surface area contributed by atoms with E-state index in [1.165, 1.54) is 19.2 Å². The molecule has 8 nitrogen and oxygen atoms in total. The molecule has 0 aliphatic rings. The molecule has 0 aliphatic carbocycles. The van der Waals surface area contributed by atoms with Crippen molar-refractivity contribution < 1.29 is 24.0 Å². The number of nitro benzene ring substituents is 1. The second kappa shape index (κ2) is 7.91. The molecule has 0 bridgehead atoms. The van der Waals surface area contributed by atoms with Crippen LogP contribution in [0.5, 0.6) is 5.75 Å². The van der Waals surface area contributed by atoms with Crippen molar-refractivity contribution in [2.24, 2.45) is 0 Å². The number of amides is 1. The summed E-state index contributed by atoms with van der Waals surface area (Å²) in [7, 11) is 1.17. The van der Waals surface area contributed by atoms with E-state index in [1.807, 2.05) is 19.1 Å². The van der Waals surface area contributed by atoms with Gasteiger partial charge in [-0.1, -0.05) is 17.7 Å². The first-order chi connectivity index (χ1) is 11.9. The number of benzene rings is 2. The standard InChI is InChI=1S/C17H16N2O6/c1-11-3-6-13(7-4-11)18-16(20)10-25-15-8-5-12(17(21)24-2)9-14(15)19(22)23/h3-9H,10H2,1-2H3,(H,18,20). The fourth-order valence-electron chi connectivity index (χ4n) is 2.00. The molecule has 2 rings (SSSR count). The predicted octanol–water partition coefficient (Wildman–Crippen LogP) is 2.71. The van der Waals surface area contributed by atoms with Crippen LogP contribution in [-0.2, 0) is 9.53 Å². The van der Waals surface area contributed by atoms with Gasteiger partial charge in [0.05, 0.1) is 17.6 Å². The van der Waals surface area contributed by atoms with Gasteiger partial charge < -0.3 is 14.8 Å². The molecule has 0 heterocycles. The molecule has 0 fully saturated rings. The Morgan fingerprint density at radius 3 is 2.44 bits per heavy atom. The zero-order valence-corrected chi connectivity index (χ0v) is 13.6. The van der Waals surface area contributed by atoms with Crippen LogP contribution in [-0.4, -0.2) is 30.5 Å². The van der Waals surface area contributed by atoms with Crippen molar-refractivity contribution in [1.82, 2.24) is 0 Å². The van der Waals surface area contributed by atoms with Gasteiger partial charge in [0.25, 0.3) is 5.91 Å². The Labute approximate surface area is 143 Å². The van der Waals surface area contributed by atoms with Crippen LogP contribution in [0.25, 0.3) is 0 Å². The van der Waals surface area contributed by atoms with E-state index in [0.717, 1.165) is 11.6 Å². The zero-order chi connectivity index (χ0) is 18.4. The third kappa shape index (κ3) is 4.77. The Balaban J connectivity index is 2.06. The first kappa shape index (κ1) is 17.9. The summed E-state index contributed by atoms with van der Waals surface area (Å²) in [4.78, 5) is 33.8. The van der Waals surface area contributed by atoms with E-state index >= 15 is 0 Å². The average Bonchev–Trinajstić information content (AvgIpc) is 2.61. The Morgan fingerprint density at radius 2 is 1.84 bits per heavy atom. The first-order valence-electron chi connectivity index (χ1n) is 7.27.